The van der Waals surface area contributed by atoms with Crippen LogP contribution in [0.5, 0.6) is 5.88 Å². The lowest BCUT2D eigenvalue weighted by atomic mass is 10.1. The van der Waals surface area contributed by atoms with Crippen LogP contribution in [0.15, 0.2) is 30.5 Å². The summed E-state index contributed by atoms with van der Waals surface area (Å²) in [4.78, 5) is 29.9. The lowest BCUT2D eigenvalue weighted by molar-refractivity contribution is -0.136. The van der Waals surface area contributed by atoms with Gasteiger partial charge in [-0.05, 0) is 26.6 Å². The van der Waals surface area contributed by atoms with Gasteiger partial charge in [0.25, 0.3) is 5.91 Å². The maximum Gasteiger partial charge on any atom is 0.260 e. The second-order valence-electron chi connectivity index (χ2n) is 5.93. The molecule has 1 aromatic heterocycles. The lowest BCUT2D eigenvalue weighted by Crippen LogP contribution is -2.50. The summed E-state index contributed by atoms with van der Waals surface area (Å²) in [5, 5.41) is 3.98. The molecular formula is C17H25N5O3. The third-order valence-corrected chi connectivity index (χ3v) is 3.57. The molecule has 2 rings (SSSR count). The highest BCUT2D eigenvalue weighted by Gasteiger charge is 2.23. The minimum Gasteiger partial charge on any atom is -0.476 e. The van der Waals surface area contributed by atoms with Gasteiger partial charge in [0.2, 0.25) is 11.8 Å². The van der Waals surface area contributed by atoms with Crippen LogP contribution >= 0.6 is 0 Å². The Balaban J connectivity index is 1.95. The summed E-state index contributed by atoms with van der Waals surface area (Å²) in [5.74, 6) is 0.0971. The van der Waals surface area contributed by atoms with Crippen LogP contribution in [-0.2, 0) is 9.59 Å². The Morgan fingerprint density at radius 2 is 2.24 bits per heavy atom. The molecule has 2 amide bonds. The van der Waals surface area contributed by atoms with E-state index in [-0.39, 0.29) is 24.4 Å². The zero-order valence-corrected chi connectivity index (χ0v) is 14.9. The Bertz CT molecular complexity index is 615. The van der Waals surface area contributed by atoms with Crippen LogP contribution in [0.3, 0.4) is 0 Å². The van der Waals surface area contributed by atoms with Crippen molar-refractivity contribution in [1.82, 2.24) is 25.6 Å². The fraction of sp³-hybridized carbons (Fsp3) is 0.471. The number of carbonyl (C=O) groups excluding carboxylic acids is 2. The van der Waals surface area contributed by atoms with E-state index in [4.69, 9.17) is 4.74 Å². The van der Waals surface area contributed by atoms with E-state index in [1.165, 1.54) is 11.1 Å². The van der Waals surface area contributed by atoms with Gasteiger partial charge in [-0.3, -0.25) is 14.6 Å². The molecule has 1 aromatic rings. The first kappa shape index (κ1) is 18.9. The molecule has 0 fully saturated rings. The number of hydrazine groups is 1. The zero-order chi connectivity index (χ0) is 18.2. The van der Waals surface area contributed by atoms with Crippen LogP contribution in [0.4, 0.5) is 0 Å². The van der Waals surface area contributed by atoms with Crippen LogP contribution < -0.4 is 15.5 Å². The van der Waals surface area contributed by atoms with Crippen molar-refractivity contribution in [3.8, 4) is 5.88 Å². The quantitative estimate of drug-likeness (QED) is 0.694. The van der Waals surface area contributed by atoms with E-state index < -0.39 is 0 Å². The third kappa shape index (κ3) is 5.84. The molecule has 1 aliphatic rings. The lowest BCUT2D eigenvalue weighted by Gasteiger charge is -2.29. The van der Waals surface area contributed by atoms with E-state index in [1.54, 1.807) is 18.3 Å². The van der Waals surface area contributed by atoms with Gasteiger partial charge >= 0.3 is 0 Å². The Morgan fingerprint density at radius 3 is 2.88 bits per heavy atom. The summed E-state index contributed by atoms with van der Waals surface area (Å²) < 4.78 is 5.57. The molecule has 136 valence electrons. The molecule has 2 N–H and O–H groups in total. The van der Waals surface area contributed by atoms with Gasteiger partial charge in [0.1, 0.15) is 13.2 Å². The molecule has 0 spiro atoms. The molecule has 0 bridgehead atoms. The first-order chi connectivity index (χ1) is 12.0. The number of nitrogens with one attached hydrogen (secondary N) is 2. The van der Waals surface area contributed by atoms with Crippen molar-refractivity contribution < 1.29 is 14.3 Å². The average Bonchev–Trinajstić information content (AvgIpc) is 2.57. The fourth-order valence-corrected chi connectivity index (χ4v) is 2.24. The summed E-state index contributed by atoms with van der Waals surface area (Å²) in [6, 6.07) is 3.46. The summed E-state index contributed by atoms with van der Waals surface area (Å²) in [7, 11) is 3.96. The van der Waals surface area contributed by atoms with Crippen molar-refractivity contribution in [2.75, 3.05) is 40.3 Å². The largest absolute Gasteiger partial charge is 0.476 e. The minimum atomic E-state index is -0.251. The van der Waals surface area contributed by atoms with E-state index in [1.807, 2.05) is 32.0 Å². The monoisotopic (exact) mass is 347 g/mol. The standard InChI is InChI=1S/C17H25N5O3/c1-4-18-15(23)12-22-17(24)8-6-14(20-22)13-5-7-16(19-11-13)25-10-9-21(2)3/h5-8,11,14,20H,4,9-10,12H2,1-3H3,(H,18,23). The summed E-state index contributed by atoms with van der Waals surface area (Å²) in [6.07, 6.45) is 4.91. The Hall–Kier alpha value is -2.45. The Labute approximate surface area is 147 Å². The molecule has 1 unspecified atom stereocenters. The second kappa shape index (κ2) is 9.14. The molecule has 0 saturated heterocycles. The maximum absolute atomic E-state index is 11.9. The number of amides is 2. The van der Waals surface area contributed by atoms with E-state index in [9.17, 15) is 9.59 Å². The third-order valence-electron chi connectivity index (χ3n) is 3.57. The Morgan fingerprint density at radius 1 is 1.44 bits per heavy atom. The first-order valence-electron chi connectivity index (χ1n) is 8.25. The second-order valence-corrected chi connectivity index (χ2v) is 5.93. The molecule has 8 nitrogen and oxygen atoms in total. The number of carbonyl (C=O) groups is 2. The number of rotatable bonds is 8. The molecule has 8 heteroatoms. The van der Waals surface area contributed by atoms with E-state index in [0.717, 1.165) is 12.1 Å². The molecule has 1 aliphatic heterocycles. The number of hydrogen-bond donors (Lipinski definition) is 2. The average molecular weight is 347 g/mol. The van der Waals surface area contributed by atoms with Gasteiger partial charge in [-0.15, -0.1) is 0 Å². The summed E-state index contributed by atoms with van der Waals surface area (Å²) in [5.41, 5.74) is 3.91. The van der Waals surface area contributed by atoms with Crippen LogP contribution in [0.25, 0.3) is 0 Å². The predicted molar refractivity (Wildman–Crippen MR) is 93.7 cm³/mol. The molecule has 0 saturated carbocycles. The summed E-state index contributed by atoms with van der Waals surface area (Å²) in [6.45, 7) is 3.70. The normalized spacial score (nSPS) is 17.0. The highest BCUT2D eigenvalue weighted by molar-refractivity contribution is 5.91. The number of pyridine rings is 1. The van der Waals surface area contributed by atoms with Gasteiger partial charge in [-0.1, -0.05) is 12.1 Å². The fourth-order valence-electron chi connectivity index (χ4n) is 2.24. The predicted octanol–water partition coefficient (Wildman–Crippen LogP) is 0.102. The number of hydrogen-bond acceptors (Lipinski definition) is 6. The van der Waals surface area contributed by atoms with Crippen molar-refractivity contribution in [3.05, 3.63) is 36.0 Å². The number of ether oxygens (including phenoxy) is 1. The molecule has 25 heavy (non-hydrogen) atoms. The van der Waals surface area contributed by atoms with Crippen LogP contribution in [-0.4, -0.2) is 67.0 Å². The van der Waals surface area contributed by atoms with Gasteiger partial charge in [0.15, 0.2) is 0 Å². The van der Waals surface area contributed by atoms with Crippen molar-refractivity contribution in [2.45, 2.75) is 13.0 Å². The highest BCUT2D eigenvalue weighted by Crippen LogP contribution is 2.19. The van der Waals surface area contributed by atoms with Gasteiger partial charge in [0.05, 0.1) is 6.04 Å². The Kier molecular flexibility index (Phi) is 6.91. The first-order valence-corrected chi connectivity index (χ1v) is 8.25. The van der Waals surface area contributed by atoms with Crippen molar-refractivity contribution >= 4 is 11.8 Å². The molecular weight excluding hydrogens is 322 g/mol. The molecule has 0 radical (unpaired) electrons. The molecule has 1 atom stereocenters. The topological polar surface area (TPSA) is 86.8 Å². The molecule has 2 heterocycles. The number of aromatic nitrogens is 1. The molecule has 0 aromatic carbocycles. The summed E-state index contributed by atoms with van der Waals surface area (Å²) >= 11 is 0. The molecule has 0 aliphatic carbocycles. The van der Waals surface area contributed by atoms with E-state index in [2.05, 4.69) is 15.7 Å². The van der Waals surface area contributed by atoms with E-state index >= 15 is 0 Å². The van der Waals surface area contributed by atoms with Gasteiger partial charge < -0.3 is 15.0 Å². The van der Waals surface area contributed by atoms with E-state index in [0.29, 0.717) is 19.0 Å². The minimum absolute atomic E-state index is 0.0350. The van der Waals surface area contributed by atoms with Crippen molar-refractivity contribution in [3.63, 3.8) is 0 Å². The maximum atomic E-state index is 11.9. The SMILES string of the molecule is CCNC(=O)CN1NC(c2ccc(OCCN(C)C)nc2)C=CC1=O. The number of nitrogens with zero attached hydrogens (tertiary/aromatic N) is 3. The van der Waals surface area contributed by atoms with Gasteiger partial charge in [-0.25, -0.2) is 10.4 Å². The van der Waals surface area contributed by atoms with Crippen LogP contribution in [0.2, 0.25) is 0 Å². The smallest absolute Gasteiger partial charge is 0.260 e. The van der Waals surface area contributed by atoms with Crippen molar-refractivity contribution in [1.29, 1.82) is 0 Å². The van der Waals surface area contributed by atoms with Gasteiger partial charge in [0, 0.05) is 31.4 Å². The van der Waals surface area contributed by atoms with Crippen LogP contribution in [0, 0.1) is 0 Å². The number of likely N-dealkylation sites (N-methyl/N-ethyl adjacent to an activating group) is 2. The highest BCUT2D eigenvalue weighted by atomic mass is 16.5. The zero-order valence-electron chi connectivity index (χ0n) is 14.9. The van der Waals surface area contributed by atoms with Gasteiger partial charge in [-0.2, -0.15) is 0 Å². The van der Waals surface area contributed by atoms with Crippen molar-refractivity contribution in [2.24, 2.45) is 0 Å². The van der Waals surface area contributed by atoms with Crippen LogP contribution in [0.1, 0.15) is 18.5 Å².